The number of aromatic nitrogens is 1. The van der Waals surface area contributed by atoms with Gasteiger partial charge in [0.15, 0.2) is 0 Å². The van der Waals surface area contributed by atoms with Crippen LogP contribution in [0.3, 0.4) is 0 Å². The van der Waals surface area contributed by atoms with Crippen molar-refractivity contribution in [1.82, 2.24) is 10.3 Å². The highest BCUT2D eigenvalue weighted by Gasteiger charge is 2.07. The largest absolute Gasteiger partial charge is 0.464 e. The predicted octanol–water partition coefficient (Wildman–Crippen LogP) is 2.16. The Morgan fingerprint density at radius 1 is 1.14 bits per heavy atom. The number of nitrogens with zero attached hydrogens (tertiary/aromatic N) is 1. The van der Waals surface area contributed by atoms with Crippen LogP contribution in [-0.4, -0.2) is 32.2 Å². The van der Waals surface area contributed by atoms with E-state index in [0.717, 1.165) is 12.2 Å². The summed E-state index contributed by atoms with van der Waals surface area (Å²) in [5.74, 6) is -0.347. The van der Waals surface area contributed by atoms with E-state index >= 15 is 0 Å². The van der Waals surface area contributed by atoms with Crippen molar-refractivity contribution in [3.05, 3.63) is 53.3 Å². The van der Waals surface area contributed by atoms with Crippen molar-refractivity contribution >= 4 is 11.7 Å². The Bertz CT molecular complexity index is 588. The number of rotatable bonds is 6. The number of esters is 1. The predicted molar refractivity (Wildman–Crippen MR) is 83.4 cm³/mol. The normalized spacial score (nSPS) is 10.4. The second-order valence-electron chi connectivity index (χ2n) is 5.05. The number of carbonyl (C=O) groups excluding carboxylic acids is 1. The van der Waals surface area contributed by atoms with E-state index in [-0.39, 0.29) is 5.97 Å². The fraction of sp³-hybridized carbons (Fsp3) is 0.312. The third-order valence-corrected chi connectivity index (χ3v) is 3.25. The molecular weight excluding hydrogens is 266 g/mol. The molecule has 0 saturated carbocycles. The fourth-order valence-corrected chi connectivity index (χ4v) is 2.03. The zero-order valence-electron chi connectivity index (χ0n) is 12.6. The number of hydrogen-bond donors (Lipinski definition) is 2. The Balaban J connectivity index is 1.83. The Kier molecular flexibility index (Phi) is 5.00. The number of benzene rings is 1. The summed E-state index contributed by atoms with van der Waals surface area (Å²) in [6, 6.07) is 12.0. The van der Waals surface area contributed by atoms with Gasteiger partial charge in [-0.3, -0.25) is 0 Å². The molecule has 0 fully saturated rings. The van der Waals surface area contributed by atoms with Gasteiger partial charge in [0.05, 0.1) is 7.11 Å². The second kappa shape index (κ2) is 6.95. The molecule has 5 nitrogen and oxygen atoms in total. The molecule has 0 aliphatic rings. The Hall–Kier alpha value is -2.27. The summed E-state index contributed by atoms with van der Waals surface area (Å²) in [7, 11) is 5.42. The molecule has 112 valence electrons. The fourth-order valence-electron chi connectivity index (χ4n) is 2.03. The van der Waals surface area contributed by atoms with Gasteiger partial charge in [0.25, 0.3) is 0 Å². The van der Waals surface area contributed by atoms with Crippen LogP contribution in [0.1, 0.15) is 21.7 Å². The van der Waals surface area contributed by atoms with E-state index < -0.39 is 0 Å². The molecule has 0 aliphatic carbocycles. The third-order valence-electron chi connectivity index (χ3n) is 3.25. The number of H-pyrrole nitrogens is 1. The zero-order chi connectivity index (χ0) is 15.2. The summed E-state index contributed by atoms with van der Waals surface area (Å²) in [5, 5.41) is 3.34. The lowest BCUT2D eigenvalue weighted by Crippen LogP contribution is -2.14. The molecule has 0 radical (unpaired) electrons. The highest BCUT2D eigenvalue weighted by atomic mass is 16.5. The molecule has 1 aromatic carbocycles. The van der Waals surface area contributed by atoms with E-state index in [9.17, 15) is 4.79 Å². The molecule has 0 amide bonds. The van der Waals surface area contributed by atoms with Gasteiger partial charge < -0.3 is 19.9 Å². The first-order chi connectivity index (χ1) is 10.1. The lowest BCUT2D eigenvalue weighted by molar-refractivity contribution is 0.0594. The average Bonchev–Trinajstić information content (AvgIpc) is 2.96. The van der Waals surface area contributed by atoms with Crippen LogP contribution in [0.25, 0.3) is 0 Å². The Morgan fingerprint density at radius 3 is 2.48 bits per heavy atom. The van der Waals surface area contributed by atoms with Gasteiger partial charge in [0, 0.05) is 38.6 Å². The molecule has 2 rings (SSSR count). The smallest absolute Gasteiger partial charge is 0.354 e. The van der Waals surface area contributed by atoms with E-state index in [2.05, 4.69) is 44.2 Å². The standard InChI is InChI=1S/C16H21N3O2/c1-19(2)14-7-4-12(5-8-14)10-17-11-13-6-9-15(18-13)16(20)21-3/h4-9,17-18H,10-11H2,1-3H3. The van der Waals surface area contributed by atoms with Crippen LogP contribution in [0.4, 0.5) is 5.69 Å². The van der Waals surface area contributed by atoms with Gasteiger partial charge >= 0.3 is 5.97 Å². The van der Waals surface area contributed by atoms with Crippen LogP contribution >= 0.6 is 0 Å². The Labute approximate surface area is 124 Å². The highest BCUT2D eigenvalue weighted by molar-refractivity contribution is 5.87. The quantitative estimate of drug-likeness (QED) is 0.799. The molecule has 1 aromatic heterocycles. The van der Waals surface area contributed by atoms with Crippen molar-refractivity contribution in [1.29, 1.82) is 0 Å². The van der Waals surface area contributed by atoms with Gasteiger partial charge in [-0.2, -0.15) is 0 Å². The molecular formula is C16H21N3O2. The molecule has 0 atom stereocenters. The maximum absolute atomic E-state index is 11.3. The summed E-state index contributed by atoms with van der Waals surface area (Å²) < 4.78 is 4.66. The number of ether oxygens (including phenoxy) is 1. The molecule has 0 unspecified atom stereocenters. The first-order valence-electron chi connectivity index (χ1n) is 6.83. The van der Waals surface area contributed by atoms with Gasteiger partial charge in [0.1, 0.15) is 5.69 Å². The monoisotopic (exact) mass is 287 g/mol. The van der Waals surface area contributed by atoms with Gasteiger partial charge in [-0.25, -0.2) is 4.79 Å². The van der Waals surface area contributed by atoms with Gasteiger partial charge in [-0.15, -0.1) is 0 Å². The van der Waals surface area contributed by atoms with E-state index in [4.69, 9.17) is 0 Å². The summed E-state index contributed by atoms with van der Waals surface area (Å²) >= 11 is 0. The van der Waals surface area contributed by atoms with Crippen molar-refractivity contribution in [3.63, 3.8) is 0 Å². The number of methoxy groups -OCH3 is 1. The van der Waals surface area contributed by atoms with E-state index in [1.165, 1.54) is 18.4 Å². The zero-order valence-corrected chi connectivity index (χ0v) is 12.6. The second-order valence-corrected chi connectivity index (χ2v) is 5.05. The van der Waals surface area contributed by atoms with Gasteiger partial charge in [-0.1, -0.05) is 12.1 Å². The Morgan fingerprint density at radius 2 is 1.86 bits per heavy atom. The van der Waals surface area contributed by atoms with E-state index in [0.29, 0.717) is 12.2 Å². The van der Waals surface area contributed by atoms with Gasteiger partial charge in [-0.05, 0) is 29.8 Å². The maximum Gasteiger partial charge on any atom is 0.354 e. The number of carbonyl (C=O) groups is 1. The minimum absolute atomic E-state index is 0.347. The number of nitrogens with one attached hydrogen (secondary N) is 2. The number of hydrogen-bond acceptors (Lipinski definition) is 4. The average molecular weight is 287 g/mol. The van der Waals surface area contributed by atoms with Crippen LogP contribution in [0.2, 0.25) is 0 Å². The van der Waals surface area contributed by atoms with Crippen LogP contribution in [-0.2, 0) is 17.8 Å². The van der Waals surface area contributed by atoms with Crippen molar-refractivity contribution in [2.45, 2.75) is 13.1 Å². The molecule has 21 heavy (non-hydrogen) atoms. The summed E-state index contributed by atoms with van der Waals surface area (Å²) in [5.41, 5.74) is 3.84. The van der Waals surface area contributed by atoms with Crippen molar-refractivity contribution in [2.24, 2.45) is 0 Å². The summed E-state index contributed by atoms with van der Waals surface area (Å²) in [6.45, 7) is 1.45. The van der Waals surface area contributed by atoms with Crippen LogP contribution in [0.15, 0.2) is 36.4 Å². The molecule has 1 heterocycles. The van der Waals surface area contributed by atoms with Crippen molar-refractivity contribution in [2.75, 3.05) is 26.1 Å². The lowest BCUT2D eigenvalue weighted by atomic mass is 10.2. The molecule has 2 N–H and O–H groups in total. The molecule has 5 heteroatoms. The van der Waals surface area contributed by atoms with Crippen LogP contribution in [0.5, 0.6) is 0 Å². The lowest BCUT2D eigenvalue weighted by Gasteiger charge is -2.12. The van der Waals surface area contributed by atoms with Crippen LogP contribution in [0, 0.1) is 0 Å². The molecule has 2 aromatic rings. The summed E-state index contributed by atoms with van der Waals surface area (Å²) in [6.07, 6.45) is 0. The maximum atomic E-state index is 11.3. The number of aromatic amines is 1. The van der Waals surface area contributed by atoms with E-state index in [1.54, 1.807) is 6.07 Å². The molecule has 0 saturated heterocycles. The first kappa shape index (κ1) is 15.1. The first-order valence-corrected chi connectivity index (χ1v) is 6.83. The van der Waals surface area contributed by atoms with Gasteiger partial charge in [0.2, 0.25) is 0 Å². The third kappa shape index (κ3) is 4.10. The van der Waals surface area contributed by atoms with Crippen molar-refractivity contribution < 1.29 is 9.53 Å². The van der Waals surface area contributed by atoms with E-state index in [1.807, 2.05) is 20.2 Å². The minimum atomic E-state index is -0.347. The molecule has 0 aliphatic heterocycles. The van der Waals surface area contributed by atoms with Crippen LogP contribution < -0.4 is 10.2 Å². The molecule has 0 bridgehead atoms. The highest BCUT2D eigenvalue weighted by Crippen LogP contribution is 2.12. The molecule has 0 spiro atoms. The SMILES string of the molecule is COC(=O)c1ccc(CNCc2ccc(N(C)C)cc2)[nH]1. The summed E-state index contributed by atoms with van der Waals surface area (Å²) in [4.78, 5) is 16.4. The topological polar surface area (TPSA) is 57.4 Å². The minimum Gasteiger partial charge on any atom is -0.464 e. The number of anilines is 1. The van der Waals surface area contributed by atoms with Crippen molar-refractivity contribution in [3.8, 4) is 0 Å².